The van der Waals surface area contributed by atoms with Crippen molar-refractivity contribution in [1.82, 2.24) is 14.9 Å². The molecular weight excluding hydrogens is 412 g/mol. The van der Waals surface area contributed by atoms with Crippen molar-refractivity contribution in [2.75, 3.05) is 12.3 Å². The summed E-state index contributed by atoms with van der Waals surface area (Å²) in [6, 6.07) is 17.0. The van der Waals surface area contributed by atoms with E-state index in [1.807, 2.05) is 4.90 Å². The van der Waals surface area contributed by atoms with E-state index in [1.54, 1.807) is 12.4 Å². The van der Waals surface area contributed by atoms with E-state index in [-0.39, 0.29) is 30.0 Å². The van der Waals surface area contributed by atoms with Gasteiger partial charge in [-0.25, -0.2) is 14.8 Å². The van der Waals surface area contributed by atoms with Crippen molar-refractivity contribution in [3.8, 4) is 11.1 Å². The van der Waals surface area contributed by atoms with Gasteiger partial charge in [-0.2, -0.15) is 0 Å². The Hall–Kier alpha value is -3.67. The molecule has 1 aromatic heterocycles. The number of anilines is 1. The summed E-state index contributed by atoms with van der Waals surface area (Å²) in [6.07, 6.45) is 9.34. The van der Waals surface area contributed by atoms with Crippen LogP contribution in [0, 0.1) is 0 Å². The number of nitrogens with two attached hydrogens (primary N) is 1. The Labute approximate surface area is 193 Å². The van der Waals surface area contributed by atoms with Crippen LogP contribution in [0.5, 0.6) is 0 Å². The topological polar surface area (TPSA) is 81.3 Å². The van der Waals surface area contributed by atoms with E-state index in [2.05, 4.69) is 64.6 Å². The fourth-order valence-corrected chi connectivity index (χ4v) is 5.70. The third-order valence-corrected chi connectivity index (χ3v) is 7.23. The molecular formula is C27H26N4O2. The van der Waals surface area contributed by atoms with Crippen LogP contribution >= 0.6 is 0 Å². The number of carbonyl (C=O) groups is 1. The number of nitrogen functional groups attached to an aromatic ring is 1. The van der Waals surface area contributed by atoms with Crippen molar-refractivity contribution in [3.63, 3.8) is 0 Å². The van der Waals surface area contributed by atoms with Crippen LogP contribution in [0.2, 0.25) is 0 Å². The van der Waals surface area contributed by atoms with Crippen LogP contribution in [0.4, 0.5) is 10.7 Å². The van der Waals surface area contributed by atoms with E-state index in [0.717, 1.165) is 31.2 Å². The Kier molecular flexibility index (Phi) is 4.86. The zero-order valence-electron chi connectivity index (χ0n) is 18.4. The fraction of sp³-hybridized carbons (Fsp3) is 0.296. The van der Waals surface area contributed by atoms with E-state index in [0.29, 0.717) is 6.61 Å². The van der Waals surface area contributed by atoms with Crippen LogP contribution in [-0.4, -0.2) is 39.7 Å². The molecule has 0 spiro atoms. The first kappa shape index (κ1) is 20.0. The summed E-state index contributed by atoms with van der Waals surface area (Å²) in [4.78, 5) is 23.5. The third-order valence-electron chi connectivity index (χ3n) is 7.23. The second-order valence-electron chi connectivity index (χ2n) is 9.09. The van der Waals surface area contributed by atoms with E-state index in [4.69, 9.17) is 10.5 Å². The molecule has 3 aromatic rings. The zero-order chi connectivity index (χ0) is 22.4. The second-order valence-corrected chi connectivity index (χ2v) is 9.09. The molecule has 2 N–H and O–H groups in total. The third kappa shape index (κ3) is 3.46. The van der Waals surface area contributed by atoms with Crippen molar-refractivity contribution >= 4 is 17.6 Å². The monoisotopic (exact) mass is 438 g/mol. The van der Waals surface area contributed by atoms with Crippen LogP contribution in [-0.2, 0) is 4.74 Å². The van der Waals surface area contributed by atoms with Crippen LogP contribution in [0.25, 0.3) is 16.7 Å². The Morgan fingerprint density at radius 2 is 1.67 bits per heavy atom. The number of hydrogen-bond acceptors (Lipinski definition) is 5. The summed E-state index contributed by atoms with van der Waals surface area (Å²) in [5, 5.41) is 0. The molecule has 1 aliphatic carbocycles. The Morgan fingerprint density at radius 3 is 2.33 bits per heavy atom. The summed E-state index contributed by atoms with van der Waals surface area (Å²) in [5.41, 5.74) is 12.8. The van der Waals surface area contributed by atoms with E-state index >= 15 is 0 Å². The van der Waals surface area contributed by atoms with E-state index in [9.17, 15) is 4.79 Å². The minimum atomic E-state index is -0.213. The number of carbonyl (C=O) groups excluding carboxylic acids is 1. The SMILES string of the molecule is Nc1ncc(C2=CC3CCCC(C2)N3C(=O)OCC2c3ccccc3-c3ccccc32)cn1. The molecule has 6 rings (SSSR count). The highest BCUT2D eigenvalue weighted by molar-refractivity contribution is 5.79. The normalized spacial score (nSPS) is 21.2. The minimum absolute atomic E-state index is 0.0423. The summed E-state index contributed by atoms with van der Waals surface area (Å²) in [5.74, 6) is 0.347. The molecule has 33 heavy (non-hydrogen) atoms. The number of ether oxygens (including phenoxy) is 1. The molecule has 2 atom stereocenters. The van der Waals surface area contributed by atoms with Gasteiger partial charge in [-0.1, -0.05) is 54.6 Å². The lowest BCUT2D eigenvalue weighted by Gasteiger charge is -2.44. The molecule has 3 heterocycles. The summed E-state index contributed by atoms with van der Waals surface area (Å²) < 4.78 is 5.99. The van der Waals surface area contributed by atoms with Gasteiger partial charge in [0.1, 0.15) is 6.61 Å². The molecule has 2 aromatic carbocycles. The molecule has 6 nitrogen and oxygen atoms in total. The summed E-state index contributed by atoms with van der Waals surface area (Å²) in [7, 11) is 0. The first-order valence-electron chi connectivity index (χ1n) is 11.6. The van der Waals surface area contributed by atoms with Gasteiger partial charge in [-0.3, -0.25) is 4.90 Å². The van der Waals surface area contributed by atoms with Crippen molar-refractivity contribution in [1.29, 1.82) is 0 Å². The number of nitrogens with zero attached hydrogens (tertiary/aromatic N) is 3. The number of benzene rings is 2. The number of rotatable bonds is 3. The van der Waals surface area contributed by atoms with Crippen molar-refractivity contribution in [3.05, 3.63) is 83.7 Å². The van der Waals surface area contributed by atoms with Gasteiger partial charge in [0, 0.05) is 29.9 Å². The van der Waals surface area contributed by atoms with Crippen LogP contribution in [0.3, 0.4) is 0 Å². The highest BCUT2D eigenvalue weighted by Gasteiger charge is 2.39. The molecule has 166 valence electrons. The van der Waals surface area contributed by atoms with Gasteiger partial charge in [0.15, 0.2) is 0 Å². The first-order chi connectivity index (χ1) is 16.2. The molecule has 2 aliphatic heterocycles. The number of amides is 1. The maximum Gasteiger partial charge on any atom is 0.410 e. The van der Waals surface area contributed by atoms with E-state index < -0.39 is 0 Å². The van der Waals surface area contributed by atoms with Crippen molar-refractivity contribution in [2.45, 2.75) is 43.7 Å². The average molecular weight is 439 g/mol. The highest BCUT2D eigenvalue weighted by atomic mass is 16.6. The minimum Gasteiger partial charge on any atom is -0.448 e. The van der Waals surface area contributed by atoms with Crippen molar-refractivity contribution in [2.24, 2.45) is 0 Å². The predicted octanol–water partition coefficient (Wildman–Crippen LogP) is 5.02. The quantitative estimate of drug-likeness (QED) is 0.621. The first-order valence-corrected chi connectivity index (χ1v) is 11.6. The molecule has 1 saturated heterocycles. The Balaban J connectivity index is 1.22. The van der Waals surface area contributed by atoms with Gasteiger partial charge >= 0.3 is 6.09 Å². The molecule has 6 heteroatoms. The van der Waals surface area contributed by atoms with Gasteiger partial charge in [-0.05, 0) is 53.5 Å². The van der Waals surface area contributed by atoms with Gasteiger partial charge in [-0.15, -0.1) is 0 Å². The maximum absolute atomic E-state index is 13.3. The lowest BCUT2D eigenvalue weighted by Crippen LogP contribution is -2.51. The highest BCUT2D eigenvalue weighted by Crippen LogP contribution is 2.45. The van der Waals surface area contributed by atoms with Gasteiger partial charge in [0.05, 0.1) is 6.04 Å². The Morgan fingerprint density at radius 1 is 1.00 bits per heavy atom. The molecule has 2 bridgehead atoms. The molecule has 0 radical (unpaired) electrons. The number of piperidine rings is 1. The molecule has 3 aliphatic rings. The van der Waals surface area contributed by atoms with Crippen molar-refractivity contribution < 1.29 is 9.53 Å². The predicted molar refractivity (Wildman–Crippen MR) is 127 cm³/mol. The standard InChI is InChI=1S/C27H26N4O2/c28-26-29-14-18(15-30-26)17-12-19-6-5-7-20(13-17)31(19)27(32)33-16-25-23-10-3-1-8-21(23)22-9-2-4-11-24(22)25/h1-4,8-12,14-15,19-20,25H,5-7,13,16H2,(H2,28,29,30). The molecule has 0 saturated carbocycles. The Bertz CT molecular complexity index is 1190. The molecule has 1 amide bonds. The lowest BCUT2D eigenvalue weighted by atomic mass is 9.83. The number of hydrogen-bond donors (Lipinski definition) is 1. The van der Waals surface area contributed by atoms with Gasteiger partial charge in [0.2, 0.25) is 5.95 Å². The summed E-state index contributed by atoms with van der Waals surface area (Å²) in [6.45, 7) is 0.352. The fourth-order valence-electron chi connectivity index (χ4n) is 5.70. The summed E-state index contributed by atoms with van der Waals surface area (Å²) >= 11 is 0. The van der Waals surface area contributed by atoms with E-state index in [1.165, 1.54) is 27.8 Å². The number of fused-ring (bicyclic) bond motifs is 5. The van der Waals surface area contributed by atoms with Crippen LogP contribution in [0.1, 0.15) is 48.3 Å². The molecule has 2 unspecified atom stereocenters. The lowest BCUT2D eigenvalue weighted by molar-refractivity contribution is 0.0539. The van der Waals surface area contributed by atoms with Crippen LogP contribution in [0.15, 0.2) is 67.0 Å². The second kappa shape index (κ2) is 8.03. The number of aromatic nitrogens is 2. The zero-order valence-corrected chi connectivity index (χ0v) is 18.4. The smallest absolute Gasteiger partial charge is 0.410 e. The van der Waals surface area contributed by atoms with Gasteiger partial charge < -0.3 is 10.5 Å². The molecule has 1 fully saturated rings. The average Bonchev–Trinajstić information content (AvgIpc) is 3.16. The van der Waals surface area contributed by atoms with Gasteiger partial charge in [0.25, 0.3) is 0 Å². The largest absolute Gasteiger partial charge is 0.448 e. The maximum atomic E-state index is 13.3. The van der Waals surface area contributed by atoms with Crippen LogP contribution < -0.4 is 5.73 Å².